The standard InChI is InChI=1S/C16H22N2O7/c1-8(2)11(17)16(23)24-7-10-12(19)13(20)14(25-10)18-5-3-4-9(6-18)15(21)22/h3-6,8,10-14,19-20H,7,17H2,1-2H3/p+1/t10-,11+,12-,13-,14-/m1/s1. The maximum absolute atomic E-state index is 11.8. The number of aromatic carboxylic acids is 1. The van der Waals surface area contributed by atoms with Gasteiger partial charge in [-0.2, -0.15) is 4.57 Å². The molecule has 0 amide bonds. The Morgan fingerprint density at radius 2 is 2.04 bits per heavy atom. The van der Waals surface area contributed by atoms with Crippen molar-refractivity contribution in [1.82, 2.24) is 0 Å². The summed E-state index contributed by atoms with van der Waals surface area (Å²) in [5.74, 6) is -1.85. The van der Waals surface area contributed by atoms with E-state index in [9.17, 15) is 19.8 Å². The maximum atomic E-state index is 11.8. The van der Waals surface area contributed by atoms with Gasteiger partial charge in [0.2, 0.25) is 0 Å². The number of carboxylic acid groups (broad SMARTS) is 1. The van der Waals surface area contributed by atoms with Crippen LogP contribution in [-0.4, -0.2) is 58.2 Å². The highest BCUT2D eigenvalue weighted by Gasteiger charge is 2.48. The lowest BCUT2D eigenvalue weighted by molar-refractivity contribution is -0.765. The minimum Gasteiger partial charge on any atom is -0.477 e. The zero-order valence-electron chi connectivity index (χ0n) is 14.0. The van der Waals surface area contributed by atoms with Gasteiger partial charge in [-0.05, 0) is 12.0 Å². The van der Waals surface area contributed by atoms with E-state index in [0.717, 1.165) is 0 Å². The number of hydrogen-bond acceptors (Lipinski definition) is 7. The molecular weight excluding hydrogens is 332 g/mol. The van der Waals surface area contributed by atoms with Gasteiger partial charge in [-0.15, -0.1) is 0 Å². The number of esters is 1. The molecular formula is C16H23N2O7+. The van der Waals surface area contributed by atoms with Crippen LogP contribution in [0.5, 0.6) is 0 Å². The van der Waals surface area contributed by atoms with Crippen molar-refractivity contribution in [3.8, 4) is 0 Å². The Bertz CT molecular complexity index is 637. The summed E-state index contributed by atoms with van der Waals surface area (Å²) in [6.45, 7) is 3.28. The van der Waals surface area contributed by atoms with Gasteiger partial charge in [0.25, 0.3) is 6.23 Å². The summed E-state index contributed by atoms with van der Waals surface area (Å²) < 4.78 is 11.9. The van der Waals surface area contributed by atoms with Gasteiger partial charge in [-0.3, -0.25) is 4.79 Å². The maximum Gasteiger partial charge on any atom is 0.341 e. The number of nitrogens with two attached hydrogens (primary N) is 1. The van der Waals surface area contributed by atoms with Crippen molar-refractivity contribution in [1.29, 1.82) is 0 Å². The first-order chi connectivity index (χ1) is 11.7. The molecule has 9 nitrogen and oxygen atoms in total. The second-order valence-corrected chi connectivity index (χ2v) is 6.29. The van der Waals surface area contributed by atoms with Crippen molar-refractivity contribution in [2.45, 2.75) is 44.4 Å². The fraction of sp³-hybridized carbons (Fsp3) is 0.562. The van der Waals surface area contributed by atoms with Crippen LogP contribution in [0.2, 0.25) is 0 Å². The van der Waals surface area contributed by atoms with E-state index in [4.69, 9.17) is 20.3 Å². The van der Waals surface area contributed by atoms with Crippen molar-refractivity contribution in [3.63, 3.8) is 0 Å². The van der Waals surface area contributed by atoms with Crippen LogP contribution in [-0.2, 0) is 14.3 Å². The summed E-state index contributed by atoms with van der Waals surface area (Å²) in [5, 5.41) is 29.3. The van der Waals surface area contributed by atoms with E-state index in [1.807, 2.05) is 0 Å². The molecule has 0 radical (unpaired) electrons. The summed E-state index contributed by atoms with van der Waals surface area (Å²) in [6.07, 6.45) is -1.77. The number of aromatic nitrogens is 1. The highest BCUT2D eigenvalue weighted by molar-refractivity contribution is 5.86. The summed E-state index contributed by atoms with van der Waals surface area (Å²) >= 11 is 0. The first kappa shape index (κ1) is 19.3. The number of carbonyl (C=O) groups is 2. The molecule has 2 rings (SSSR count). The molecule has 1 saturated heterocycles. The third-order valence-corrected chi connectivity index (χ3v) is 4.08. The lowest BCUT2D eigenvalue weighted by atomic mass is 10.1. The summed E-state index contributed by atoms with van der Waals surface area (Å²) in [5.41, 5.74) is 5.69. The zero-order chi connectivity index (χ0) is 18.7. The Hall–Kier alpha value is -2.07. The number of carbonyl (C=O) groups excluding carboxylic acids is 1. The minimum absolute atomic E-state index is 0.00516. The second kappa shape index (κ2) is 7.87. The third kappa shape index (κ3) is 4.31. The van der Waals surface area contributed by atoms with Crippen molar-refractivity contribution in [2.75, 3.05) is 6.61 Å². The molecule has 5 atom stereocenters. The van der Waals surface area contributed by atoms with Crippen LogP contribution in [0.25, 0.3) is 0 Å². The Morgan fingerprint density at radius 1 is 1.36 bits per heavy atom. The molecule has 0 aliphatic carbocycles. The third-order valence-electron chi connectivity index (χ3n) is 4.08. The smallest absolute Gasteiger partial charge is 0.341 e. The Labute approximate surface area is 144 Å². The average molecular weight is 355 g/mol. The quantitative estimate of drug-likeness (QED) is 0.369. The zero-order valence-corrected chi connectivity index (χ0v) is 14.0. The number of aliphatic hydroxyl groups is 2. The molecule has 138 valence electrons. The predicted octanol–water partition coefficient (Wildman–Crippen LogP) is -1.18. The van der Waals surface area contributed by atoms with E-state index < -0.39 is 42.5 Å². The van der Waals surface area contributed by atoms with Gasteiger partial charge in [0.1, 0.15) is 30.4 Å². The molecule has 0 saturated carbocycles. The van der Waals surface area contributed by atoms with Crippen LogP contribution in [0.4, 0.5) is 0 Å². The number of rotatable bonds is 6. The normalized spacial score (nSPS) is 27.3. The Morgan fingerprint density at radius 3 is 2.64 bits per heavy atom. The van der Waals surface area contributed by atoms with E-state index in [1.54, 1.807) is 13.8 Å². The summed E-state index contributed by atoms with van der Waals surface area (Å²) in [4.78, 5) is 22.8. The van der Waals surface area contributed by atoms with Gasteiger partial charge in [0, 0.05) is 6.07 Å². The van der Waals surface area contributed by atoms with Crippen molar-refractivity contribution in [2.24, 2.45) is 11.7 Å². The lowest BCUT2D eigenvalue weighted by Gasteiger charge is -2.17. The summed E-state index contributed by atoms with van der Waals surface area (Å²) in [7, 11) is 0. The molecule has 5 N–H and O–H groups in total. The molecule has 0 bridgehead atoms. The number of ether oxygens (including phenoxy) is 2. The first-order valence-electron chi connectivity index (χ1n) is 7.90. The van der Waals surface area contributed by atoms with Crippen LogP contribution >= 0.6 is 0 Å². The van der Waals surface area contributed by atoms with Gasteiger partial charge < -0.3 is 30.5 Å². The van der Waals surface area contributed by atoms with E-state index >= 15 is 0 Å². The number of aliphatic hydroxyl groups excluding tert-OH is 2. The predicted molar refractivity (Wildman–Crippen MR) is 83.3 cm³/mol. The van der Waals surface area contributed by atoms with Gasteiger partial charge in [0.05, 0.1) is 0 Å². The number of nitrogens with zero attached hydrogens (tertiary/aromatic N) is 1. The highest BCUT2D eigenvalue weighted by Crippen LogP contribution is 2.26. The summed E-state index contributed by atoms with van der Waals surface area (Å²) in [6, 6.07) is 2.09. The number of hydrogen-bond donors (Lipinski definition) is 4. The second-order valence-electron chi connectivity index (χ2n) is 6.29. The van der Waals surface area contributed by atoms with E-state index in [2.05, 4.69) is 0 Å². The largest absolute Gasteiger partial charge is 0.477 e. The van der Waals surface area contributed by atoms with Crippen molar-refractivity contribution < 1.29 is 38.9 Å². The number of pyridine rings is 1. The monoisotopic (exact) mass is 355 g/mol. The molecule has 0 unspecified atom stereocenters. The Balaban J connectivity index is 2.04. The van der Waals surface area contributed by atoms with Gasteiger partial charge in [-0.25, -0.2) is 4.79 Å². The Kier molecular flexibility index (Phi) is 6.07. The van der Waals surface area contributed by atoms with E-state index in [1.165, 1.54) is 29.1 Å². The molecule has 0 spiro atoms. The van der Waals surface area contributed by atoms with Crippen LogP contribution in [0.15, 0.2) is 24.5 Å². The van der Waals surface area contributed by atoms with E-state index in [-0.39, 0.29) is 18.1 Å². The molecule has 1 aliphatic heterocycles. The van der Waals surface area contributed by atoms with Gasteiger partial charge >= 0.3 is 11.9 Å². The fourth-order valence-electron chi connectivity index (χ4n) is 2.42. The van der Waals surface area contributed by atoms with Gasteiger partial charge in [-0.1, -0.05) is 13.8 Å². The lowest BCUT2D eigenvalue weighted by Crippen LogP contribution is -2.46. The fourth-order valence-corrected chi connectivity index (χ4v) is 2.42. The topological polar surface area (TPSA) is 143 Å². The van der Waals surface area contributed by atoms with Crippen LogP contribution in [0.3, 0.4) is 0 Å². The molecule has 9 heteroatoms. The van der Waals surface area contributed by atoms with Gasteiger partial charge in [0.15, 0.2) is 18.5 Å². The van der Waals surface area contributed by atoms with Crippen LogP contribution < -0.4 is 10.3 Å². The average Bonchev–Trinajstić information content (AvgIpc) is 2.87. The SMILES string of the molecule is CC(C)[C@H](N)C(=O)OC[C@H]1O[C@@H]([n+]2cccc(C(=O)O)c2)[C@H](O)[C@@H]1O. The molecule has 1 aliphatic rings. The first-order valence-corrected chi connectivity index (χ1v) is 7.90. The molecule has 25 heavy (non-hydrogen) atoms. The molecule has 0 aromatic carbocycles. The molecule has 1 aromatic rings. The molecule has 1 aromatic heterocycles. The highest BCUT2D eigenvalue weighted by atomic mass is 16.6. The van der Waals surface area contributed by atoms with Crippen molar-refractivity contribution >= 4 is 11.9 Å². The molecule has 1 fully saturated rings. The van der Waals surface area contributed by atoms with Crippen molar-refractivity contribution in [3.05, 3.63) is 30.1 Å². The minimum atomic E-state index is -1.31. The number of carboxylic acids is 1. The van der Waals surface area contributed by atoms with Crippen LogP contribution in [0, 0.1) is 5.92 Å². The molecule has 2 heterocycles. The van der Waals surface area contributed by atoms with Crippen LogP contribution in [0.1, 0.15) is 30.4 Å². The van der Waals surface area contributed by atoms with E-state index in [0.29, 0.717) is 0 Å².